The molecular formula is C23H36OSSi. The molecule has 0 unspecified atom stereocenters. The first kappa shape index (κ1) is 21.5. The Hall–Kier alpha value is -0.803. The van der Waals surface area contributed by atoms with Crippen molar-refractivity contribution in [3.05, 3.63) is 41.1 Å². The van der Waals surface area contributed by atoms with E-state index in [1.54, 1.807) is 11.8 Å². The molecule has 0 spiro atoms. The second-order valence-corrected chi connectivity index (χ2v) is 16.4. The van der Waals surface area contributed by atoms with Gasteiger partial charge in [-0.05, 0) is 53.7 Å². The molecule has 144 valence electrons. The van der Waals surface area contributed by atoms with E-state index in [4.69, 9.17) is 0 Å². The molecule has 0 aliphatic heterocycles. The van der Waals surface area contributed by atoms with E-state index < -0.39 is 12.8 Å². The molecule has 0 aromatic heterocycles. The third-order valence-electron chi connectivity index (χ3n) is 6.92. The molecule has 0 N–H and O–H groups in total. The Kier molecular flexibility index (Phi) is 6.34. The number of Topliss-reactive ketones (excluding diaryl/α,β-unsaturated/α-hetero) is 1. The lowest BCUT2D eigenvalue weighted by Gasteiger charge is -2.45. The van der Waals surface area contributed by atoms with Gasteiger partial charge in [0.2, 0.25) is 0 Å². The van der Waals surface area contributed by atoms with Gasteiger partial charge in [0.15, 0.2) is 5.78 Å². The highest BCUT2D eigenvalue weighted by atomic mass is 32.2. The summed E-state index contributed by atoms with van der Waals surface area (Å²) in [6.07, 6.45) is 0. The molecule has 1 aliphatic rings. The first-order valence-electron chi connectivity index (χ1n) is 10.0. The average Bonchev–Trinajstić information content (AvgIpc) is 2.71. The fourth-order valence-electron chi connectivity index (χ4n) is 5.53. The molecule has 0 bridgehead atoms. The standard InChI is InChI=1S/C23H36OSSi/c1-15(2)26(16(3)4,17(5)6)21-18(7)19(8)23(9,22(21)24)25-20-13-11-10-12-14-20/h10-17,19H,1-9H3/t19-,23-/m1/s1. The summed E-state index contributed by atoms with van der Waals surface area (Å²) in [6, 6.07) is 10.4. The van der Waals surface area contributed by atoms with Gasteiger partial charge in [0.1, 0.15) is 0 Å². The van der Waals surface area contributed by atoms with Crippen molar-refractivity contribution < 1.29 is 4.79 Å². The second-order valence-electron chi connectivity index (χ2n) is 9.03. The number of hydrogen-bond acceptors (Lipinski definition) is 2. The van der Waals surface area contributed by atoms with E-state index in [2.05, 4.69) is 86.6 Å². The fraction of sp³-hybridized carbons (Fsp3) is 0.609. The van der Waals surface area contributed by atoms with Crippen molar-refractivity contribution in [3.8, 4) is 0 Å². The van der Waals surface area contributed by atoms with Crippen LogP contribution in [0.1, 0.15) is 62.3 Å². The normalized spacial score (nSPS) is 24.5. The predicted molar refractivity (Wildman–Crippen MR) is 119 cm³/mol. The van der Waals surface area contributed by atoms with E-state index in [0.717, 1.165) is 0 Å². The molecular weight excluding hydrogens is 352 g/mol. The number of carbonyl (C=O) groups is 1. The van der Waals surface area contributed by atoms with Crippen molar-refractivity contribution >= 4 is 25.6 Å². The van der Waals surface area contributed by atoms with Gasteiger partial charge in [-0.3, -0.25) is 4.79 Å². The van der Waals surface area contributed by atoms with E-state index in [1.807, 2.05) is 6.07 Å². The van der Waals surface area contributed by atoms with E-state index >= 15 is 0 Å². The van der Waals surface area contributed by atoms with Crippen LogP contribution in [0, 0.1) is 5.92 Å². The molecule has 2 rings (SSSR count). The largest absolute Gasteiger partial charge is 0.293 e. The summed E-state index contributed by atoms with van der Waals surface area (Å²) in [5.41, 5.74) is 3.05. The Labute approximate surface area is 166 Å². The monoisotopic (exact) mass is 388 g/mol. The zero-order valence-corrected chi connectivity index (χ0v) is 19.8. The Morgan fingerprint density at radius 1 is 0.962 bits per heavy atom. The van der Waals surface area contributed by atoms with Gasteiger partial charge in [0, 0.05) is 4.90 Å². The van der Waals surface area contributed by atoms with Gasteiger partial charge >= 0.3 is 0 Å². The lowest BCUT2D eigenvalue weighted by molar-refractivity contribution is -0.116. The number of thioether (sulfide) groups is 1. The Bertz CT molecular complexity index is 668. The maximum Gasteiger partial charge on any atom is 0.171 e. The van der Waals surface area contributed by atoms with Gasteiger partial charge in [-0.25, -0.2) is 0 Å². The zero-order valence-electron chi connectivity index (χ0n) is 18.0. The van der Waals surface area contributed by atoms with Crippen LogP contribution in [0.15, 0.2) is 46.0 Å². The summed E-state index contributed by atoms with van der Waals surface area (Å²) < 4.78 is -0.391. The molecule has 0 fully saturated rings. The van der Waals surface area contributed by atoms with Crippen LogP contribution in [0.5, 0.6) is 0 Å². The summed E-state index contributed by atoms with van der Waals surface area (Å²) in [5, 5.41) is 1.26. The van der Waals surface area contributed by atoms with Crippen molar-refractivity contribution in [1.82, 2.24) is 0 Å². The summed E-state index contributed by atoms with van der Waals surface area (Å²) in [5.74, 6) is 0.692. The molecule has 2 atom stereocenters. The molecule has 1 aliphatic carbocycles. The highest BCUT2D eigenvalue weighted by Gasteiger charge is 2.58. The summed E-state index contributed by atoms with van der Waals surface area (Å²) in [6.45, 7) is 20.8. The van der Waals surface area contributed by atoms with Crippen LogP contribution in [0.25, 0.3) is 0 Å². The van der Waals surface area contributed by atoms with Crippen LogP contribution in [0.2, 0.25) is 16.6 Å². The maximum atomic E-state index is 14.0. The lowest BCUT2D eigenvalue weighted by Crippen LogP contribution is -2.50. The van der Waals surface area contributed by atoms with Gasteiger partial charge in [-0.2, -0.15) is 0 Å². The van der Waals surface area contributed by atoms with Gasteiger partial charge < -0.3 is 0 Å². The molecule has 1 aromatic carbocycles. The van der Waals surface area contributed by atoms with Crippen molar-refractivity contribution in [3.63, 3.8) is 0 Å². The molecule has 0 radical (unpaired) electrons. The number of allylic oxidation sites excluding steroid dienone is 2. The number of benzene rings is 1. The number of hydrogen-bond donors (Lipinski definition) is 0. The van der Waals surface area contributed by atoms with Crippen LogP contribution in [-0.2, 0) is 4.79 Å². The quantitative estimate of drug-likeness (QED) is 0.476. The van der Waals surface area contributed by atoms with E-state index in [0.29, 0.717) is 22.4 Å². The number of carbonyl (C=O) groups excluding carboxylic acids is 1. The molecule has 0 saturated heterocycles. The first-order valence-corrected chi connectivity index (χ1v) is 13.1. The van der Waals surface area contributed by atoms with Crippen molar-refractivity contribution in [1.29, 1.82) is 0 Å². The van der Waals surface area contributed by atoms with E-state index in [-0.39, 0.29) is 5.92 Å². The first-order chi connectivity index (χ1) is 12.0. The third kappa shape index (κ3) is 3.15. The minimum absolute atomic E-state index is 0.276. The molecule has 0 saturated carbocycles. The minimum atomic E-state index is -1.95. The van der Waals surface area contributed by atoms with Gasteiger partial charge in [-0.1, -0.05) is 72.2 Å². The maximum absolute atomic E-state index is 14.0. The highest BCUT2D eigenvalue weighted by Crippen LogP contribution is 2.56. The molecule has 0 amide bonds. The van der Waals surface area contributed by atoms with Gasteiger partial charge in [0.25, 0.3) is 0 Å². The number of ketones is 1. The average molecular weight is 389 g/mol. The molecule has 3 heteroatoms. The van der Waals surface area contributed by atoms with Crippen LogP contribution < -0.4 is 0 Å². The Morgan fingerprint density at radius 3 is 1.85 bits per heavy atom. The van der Waals surface area contributed by atoms with Crippen molar-refractivity contribution in [2.24, 2.45) is 5.92 Å². The zero-order chi connectivity index (χ0) is 19.9. The van der Waals surface area contributed by atoms with Crippen LogP contribution >= 0.6 is 11.8 Å². The smallest absolute Gasteiger partial charge is 0.171 e. The summed E-state index contributed by atoms with van der Waals surface area (Å²) >= 11 is 1.76. The SMILES string of the molecule is CC1=C([Si](C(C)C)(C(C)C)C(C)C)C(=O)[C@](C)(Sc2ccccc2)[C@@H]1C. The van der Waals surface area contributed by atoms with Gasteiger partial charge in [-0.15, -0.1) is 11.8 Å². The lowest BCUT2D eigenvalue weighted by atomic mass is 9.94. The minimum Gasteiger partial charge on any atom is -0.293 e. The topological polar surface area (TPSA) is 17.1 Å². The highest BCUT2D eigenvalue weighted by molar-refractivity contribution is 8.01. The predicted octanol–water partition coefficient (Wildman–Crippen LogP) is 7.29. The van der Waals surface area contributed by atoms with Crippen LogP contribution in [0.4, 0.5) is 0 Å². The summed E-state index contributed by atoms with van der Waals surface area (Å²) in [7, 11) is -1.95. The molecule has 0 heterocycles. The van der Waals surface area contributed by atoms with E-state index in [1.165, 1.54) is 15.7 Å². The van der Waals surface area contributed by atoms with E-state index in [9.17, 15) is 4.79 Å². The Morgan fingerprint density at radius 2 is 1.42 bits per heavy atom. The summed E-state index contributed by atoms with van der Waals surface area (Å²) in [4.78, 5) is 15.2. The third-order valence-corrected chi connectivity index (χ3v) is 15.6. The number of rotatable bonds is 6. The fourth-order valence-corrected chi connectivity index (χ4v) is 14.2. The van der Waals surface area contributed by atoms with Crippen LogP contribution in [-0.4, -0.2) is 18.6 Å². The van der Waals surface area contributed by atoms with Crippen LogP contribution in [0.3, 0.4) is 0 Å². The Balaban J connectivity index is 2.58. The molecule has 1 aromatic rings. The molecule has 26 heavy (non-hydrogen) atoms. The van der Waals surface area contributed by atoms with Crippen molar-refractivity contribution in [2.45, 2.75) is 88.6 Å². The second kappa shape index (κ2) is 7.67. The van der Waals surface area contributed by atoms with Gasteiger partial charge in [0.05, 0.1) is 12.8 Å². The van der Waals surface area contributed by atoms with Crippen molar-refractivity contribution in [2.75, 3.05) is 0 Å². The molecule has 1 nitrogen and oxygen atoms in total.